The van der Waals surface area contributed by atoms with Crippen LogP contribution in [0.25, 0.3) is 0 Å². The third kappa shape index (κ3) is 2.82. The van der Waals surface area contributed by atoms with Crippen LogP contribution in [0.15, 0.2) is 10.3 Å². The summed E-state index contributed by atoms with van der Waals surface area (Å²) in [5.74, 6) is 2.19. The molecule has 3 N–H and O–H groups in total. The molecule has 6 nitrogen and oxygen atoms in total. The number of Topliss-reactive ketones (excluding diaryl/α,β-unsaturated/α-hetero) is 1. The summed E-state index contributed by atoms with van der Waals surface area (Å²) in [5.41, 5.74) is 7.41. The number of carbonyl (C=O) groups excluding carboxylic acids is 1. The SMILES string of the molecule is C[C@]12CCC(=NOCCN)CC1C(=NO)C[C@@H]1[C@@H]2CC[C@]2(C)C(=O)CC[C@@H]12. The monoisotopic (exact) mass is 375 g/mol. The second-order valence-electron chi connectivity index (χ2n) is 9.63. The number of rotatable bonds is 3. The first-order chi connectivity index (χ1) is 12.9. The van der Waals surface area contributed by atoms with Crippen LogP contribution in [0.3, 0.4) is 0 Å². The number of nitrogens with zero attached hydrogens (tertiary/aromatic N) is 2. The van der Waals surface area contributed by atoms with Crippen molar-refractivity contribution in [3.05, 3.63) is 0 Å². The highest BCUT2D eigenvalue weighted by Gasteiger charge is 2.61. The summed E-state index contributed by atoms with van der Waals surface area (Å²) in [5, 5.41) is 17.9. The third-order valence-electron chi connectivity index (χ3n) is 8.56. The molecule has 0 aromatic rings. The van der Waals surface area contributed by atoms with Gasteiger partial charge in [-0.1, -0.05) is 24.2 Å². The highest BCUT2D eigenvalue weighted by atomic mass is 16.6. The Bertz CT molecular complexity index is 676. The van der Waals surface area contributed by atoms with Crippen molar-refractivity contribution in [1.29, 1.82) is 0 Å². The molecule has 4 rings (SSSR count). The fraction of sp³-hybridized carbons (Fsp3) is 0.857. The Hall–Kier alpha value is -1.43. The van der Waals surface area contributed by atoms with Gasteiger partial charge in [0.25, 0.3) is 0 Å². The number of ketones is 1. The van der Waals surface area contributed by atoms with E-state index < -0.39 is 0 Å². The minimum atomic E-state index is -0.151. The summed E-state index contributed by atoms with van der Waals surface area (Å²) in [6.45, 7) is 5.47. The minimum absolute atomic E-state index is 0.115. The first-order valence-electron chi connectivity index (χ1n) is 10.6. The van der Waals surface area contributed by atoms with E-state index in [0.717, 1.165) is 62.8 Å². The van der Waals surface area contributed by atoms with Crippen molar-refractivity contribution in [3.8, 4) is 0 Å². The average Bonchev–Trinajstić information content (AvgIpc) is 2.96. The molecule has 0 saturated heterocycles. The summed E-state index contributed by atoms with van der Waals surface area (Å²) in [4.78, 5) is 17.9. The van der Waals surface area contributed by atoms with Crippen molar-refractivity contribution in [3.63, 3.8) is 0 Å². The molecule has 0 bridgehead atoms. The van der Waals surface area contributed by atoms with Crippen molar-refractivity contribution in [2.75, 3.05) is 13.2 Å². The van der Waals surface area contributed by atoms with Crippen LogP contribution in [-0.2, 0) is 9.63 Å². The fourth-order valence-electron chi connectivity index (χ4n) is 7.03. The highest BCUT2D eigenvalue weighted by molar-refractivity contribution is 5.96. The van der Waals surface area contributed by atoms with E-state index in [2.05, 4.69) is 24.2 Å². The van der Waals surface area contributed by atoms with Gasteiger partial charge in [0.2, 0.25) is 0 Å². The predicted octanol–water partition coefficient (Wildman–Crippen LogP) is 3.37. The molecular formula is C21H33N3O3. The average molecular weight is 376 g/mol. The molecular weight excluding hydrogens is 342 g/mol. The maximum absolute atomic E-state index is 12.6. The first kappa shape index (κ1) is 18.9. The Morgan fingerprint density at radius 1 is 1.19 bits per heavy atom. The van der Waals surface area contributed by atoms with E-state index in [0.29, 0.717) is 36.7 Å². The van der Waals surface area contributed by atoms with Gasteiger partial charge in [-0.15, -0.1) is 0 Å². The molecule has 0 spiro atoms. The van der Waals surface area contributed by atoms with E-state index in [1.807, 2.05) is 0 Å². The molecule has 6 atom stereocenters. The number of carbonyl (C=O) groups is 1. The Morgan fingerprint density at radius 2 is 2.00 bits per heavy atom. The van der Waals surface area contributed by atoms with E-state index >= 15 is 0 Å². The molecule has 0 aromatic carbocycles. The van der Waals surface area contributed by atoms with Gasteiger partial charge in [-0.3, -0.25) is 4.79 Å². The Balaban J connectivity index is 1.61. The molecule has 4 aliphatic rings. The number of hydrogen-bond donors (Lipinski definition) is 2. The number of fused-ring (bicyclic) bond motifs is 5. The second-order valence-corrected chi connectivity index (χ2v) is 9.63. The zero-order chi connectivity index (χ0) is 19.2. The van der Waals surface area contributed by atoms with Crippen molar-refractivity contribution < 1.29 is 14.8 Å². The van der Waals surface area contributed by atoms with Gasteiger partial charge in [0.15, 0.2) is 0 Å². The lowest BCUT2D eigenvalue weighted by Gasteiger charge is -2.59. The Morgan fingerprint density at radius 3 is 2.74 bits per heavy atom. The van der Waals surface area contributed by atoms with Gasteiger partial charge in [-0.25, -0.2) is 0 Å². The van der Waals surface area contributed by atoms with Crippen LogP contribution >= 0.6 is 0 Å². The summed E-state index contributed by atoms with van der Waals surface area (Å²) in [6.07, 6.45) is 7.48. The van der Waals surface area contributed by atoms with Gasteiger partial charge in [0.05, 0.1) is 11.4 Å². The van der Waals surface area contributed by atoms with Crippen LogP contribution in [0, 0.1) is 34.5 Å². The number of oxime groups is 2. The standard InChI is InChI=1S/C21H33N3O3/c1-20-7-5-13(24-27-10-9-22)11-17(20)18(23-26)12-14-15-3-4-19(25)21(15,2)8-6-16(14)20/h14-17,26H,3-12,22H2,1-2H3/t14-,15-,16-,17?,20+,21-/m0/s1. The van der Waals surface area contributed by atoms with Crippen LogP contribution < -0.4 is 5.73 Å². The lowest BCUT2D eigenvalue weighted by molar-refractivity contribution is -0.133. The van der Waals surface area contributed by atoms with Gasteiger partial charge < -0.3 is 15.8 Å². The van der Waals surface area contributed by atoms with Crippen LogP contribution in [-0.4, -0.2) is 35.6 Å². The van der Waals surface area contributed by atoms with Gasteiger partial charge >= 0.3 is 0 Å². The van der Waals surface area contributed by atoms with Crippen LogP contribution in [0.1, 0.15) is 65.2 Å². The quantitative estimate of drug-likeness (QED) is 0.449. The molecule has 0 heterocycles. The van der Waals surface area contributed by atoms with Gasteiger partial charge in [-0.05, 0) is 68.1 Å². The van der Waals surface area contributed by atoms with Crippen LogP contribution in [0.4, 0.5) is 0 Å². The van der Waals surface area contributed by atoms with Crippen LogP contribution in [0.5, 0.6) is 0 Å². The number of hydrogen-bond acceptors (Lipinski definition) is 6. The molecule has 0 aliphatic heterocycles. The van der Waals surface area contributed by atoms with Gasteiger partial charge in [0, 0.05) is 24.3 Å². The van der Waals surface area contributed by atoms with Crippen LogP contribution in [0.2, 0.25) is 0 Å². The van der Waals surface area contributed by atoms with Crippen molar-refractivity contribution in [1.82, 2.24) is 0 Å². The lowest BCUT2D eigenvalue weighted by Crippen LogP contribution is -2.56. The summed E-state index contributed by atoms with van der Waals surface area (Å²) < 4.78 is 0. The summed E-state index contributed by atoms with van der Waals surface area (Å²) in [6, 6.07) is 0. The third-order valence-corrected chi connectivity index (χ3v) is 8.56. The number of nitrogens with two attached hydrogens (primary N) is 1. The molecule has 4 saturated carbocycles. The van der Waals surface area contributed by atoms with Gasteiger partial charge in [-0.2, -0.15) is 0 Å². The first-order valence-corrected chi connectivity index (χ1v) is 10.6. The van der Waals surface area contributed by atoms with E-state index in [1.54, 1.807) is 0 Å². The van der Waals surface area contributed by atoms with E-state index in [9.17, 15) is 10.0 Å². The largest absolute Gasteiger partial charge is 0.411 e. The summed E-state index contributed by atoms with van der Waals surface area (Å²) in [7, 11) is 0. The van der Waals surface area contributed by atoms with E-state index in [1.165, 1.54) is 0 Å². The molecule has 27 heavy (non-hydrogen) atoms. The molecule has 0 amide bonds. The second kappa shape index (κ2) is 6.87. The summed E-state index contributed by atoms with van der Waals surface area (Å²) >= 11 is 0. The topological polar surface area (TPSA) is 97.3 Å². The minimum Gasteiger partial charge on any atom is -0.411 e. The lowest BCUT2D eigenvalue weighted by atomic mass is 9.45. The Kier molecular flexibility index (Phi) is 4.81. The Labute approximate surface area is 161 Å². The molecule has 4 aliphatic carbocycles. The van der Waals surface area contributed by atoms with Crippen molar-refractivity contribution >= 4 is 17.2 Å². The molecule has 6 heteroatoms. The molecule has 0 radical (unpaired) electrons. The predicted molar refractivity (Wildman–Crippen MR) is 104 cm³/mol. The van der Waals surface area contributed by atoms with E-state index in [4.69, 9.17) is 10.6 Å². The maximum atomic E-state index is 12.6. The normalized spacial score (nSPS) is 46.9. The van der Waals surface area contributed by atoms with E-state index in [-0.39, 0.29) is 16.7 Å². The van der Waals surface area contributed by atoms with Gasteiger partial charge in [0.1, 0.15) is 12.4 Å². The highest BCUT2D eigenvalue weighted by Crippen LogP contribution is 2.64. The molecule has 150 valence electrons. The zero-order valence-corrected chi connectivity index (χ0v) is 16.6. The van der Waals surface area contributed by atoms with Crippen molar-refractivity contribution in [2.24, 2.45) is 50.5 Å². The fourth-order valence-corrected chi connectivity index (χ4v) is 7.03. The smallest absolute Gasteiger partial charge is 0.139 e. The molecule has 0 aromatic heterocycles. The maximum Gasteiger partial charge on any atom is 0.139 e. The zero-order valence-electron chi connectivity index (χ0n) is 16.6. The van der Waals surface area contributed by atoms with Crippen molar-refractivity contribution in [2.45, 2.75) is 65.2 Å². The molecule has 1 unspecified atom stereocenters. The molecule has 4 fully saturated rings.